The number of rotatable bonds is 9. The number of methoxy groups -OCH3 is 1. The molecule has 0 spiro atoms. The van der Waals surface area contributed by atoms with Crippen LogP contribution < -0.4 is 14.2 Å². The molecule has 306 valence electrons. The van der Waals surface area contributed by atoms with E-state index >= 15 is 0 Å². The van der Waals surface area contributed by atoms with Gasteiger partial charge in [-0.15, -0.1) is 0 Å². The largest absolute Gasteiger partial charge is 0.497 e. The Hall–Kier alpha value is -3.88. The molecule has 13 nitrogen and oxygen atoms in total. The van der Waals surface area contributed by atoms with Crippen LogP contribution in [-0.2, 0) is 40.4 Å². The third-order valence-corrected chi connectivity index (χ3v) is 14.6. The third kappa shape index (κ3) is 8.38. The fourth-order valence-electron chi connectivity index (χ4n) is 8.85. The predicted octanol–water partition coefficient (Wildman–Crippen LogP) is 5.27. The number of hydrogen-bond acceptors (Lipinski definition) is 11. The number of aryl methyl sites for hydroxylation is 1. The molecule has 3 heterocycles. The average Bonchev–Trinajstić information content (AvgIpc) is 4.06. The second-order valence-corrected chi connectivity index (χ2v) is 19.8. The highest BCUT2D eigenvalue weighted by Crippen LogP contribution is 2.58. The summed E-state index contributed by atoms with van der Waals surface area (Å²) in [4.78, 5) is 68.0. The molecule has 2 aromatic rings. The van der Waals surface area contributed by atoms with Crippen molar-refractivity contribution in [2.24, 2.45) is 34.5 Å². The molecule has 2 aliphatic heterocycles. The second kappa shape index (κ2) is 15.5. The van der Waals surface area contributed by atoms with Crippen molar-refractivity contribution in [3.05, 3.63) is 23.9 Å². The zero-order chi connectivity index (χ0) is 40.2. The highest BCUT2D eigenvalue weighted by molar-refractivity contribution is 7.90. The number of ketones is 1. The topological polar surface area (TPSA) is 171 Å². The lowest BCUT2D eigenvalue weighted by molar-refractivity contribution is -0.154. The lowest BCUT2D eigenvalue weighted by Crippen LogP contribution is -2.50. The van der Waals surface area contributed by atoms with E-state index in [0.29, 0.717) is 47.6 Å². The maximum atomic E-state index is 14.8. The summed E-state index contributed by atoms with van der Waals surface area (Å²) in [6.45, 7) is 6.68. The summed E-state index contributed by atoms with van der Waals surface area (Å²) in [6.07, 6.45) is 4.63. The second-order valence-electron chi connectivity index (χ2n) is 17.9. The maximum absolute atomic E-state index is 14.8. The Kier molecular flexibility index (Phi) is 11.1. The quantitative estimate of drug-likeness (QED) is 0.328. The maximum Gasteiger partial charge on any atom is 0.306 e. The fourth-order valence-corrected chi connectivity index (χ4v) is 10.2. The molecule has 7 rings (SSSR count). The number of benzene rings is 1. The minimum Gasteiger partial charge on any atom is -0.497 e. The van der Waals surface area contributed by atoms with E-state index in [4.69, 9.17) is 24.2 Å². The van der Waals surface area contributed by atoms with Gasteiger partial charge >= 0.3 is 5.97 Å². The first-order valence-electron chi connectivity index (χ1n) is 20.2. The van der Waals surface area contributed by atoms with E-state index < -0.39 is 86.2 Å². The molecule has 0 unspecified atom stereocenters. The molecule has 1 aromatic heterocycles. The molecule has 3 saturated carbocycles. The van der Waals surface area contributed by atoms with E-state index in [1.54, 1.807) is 13.2 Å². The highest BCUT2D eigenvalue weighted by Gasteiger charge is 2.63. The molecule has 2 amide bonds. The number of nitrogens with zero attached hydrogens (tertiary/aromatic N) is 3. The first kappa shape index (κ1) is 40.3. The van der Waals surface area contributed by atoms with Gasteiger partial charge < -0.3 is 19.1 Å². The number of hydrogen-bond donors (Lipinski definition) is 1. The minimum absolute atomic E-state index is 0.00301. The summed E-state index contributed by atoms with van der Waals surface area (Å²) in [6, 6.07) is 4.35. The molecule has 4 fully saturated rings. The van der Waals surface area contributed by atoms with Crippen LogP contribution in [0, 0.1) is 34.5 Å². The number of nitrogens with one attached hydrogen (secondary N) is 1. The zero-order valence-electron chi connectivity index (χ0n) is 33.1. The predicted molar refractivity (Wildman–Crippen MR) is 204 cm³/mol. The Morgan fingerprint density at radius 3 is 2.52 bits per heavy atom. The van der Waals surface area contributed by atoms with Crippen molar-refractivity contribution in [2.45, 2.75) is 128 Å². The van der Waals surface area contributed by atoms with E-state index in [9.17, 15) is 32.0 Å². The van der Waals surface area contributed by atoms with Crippen LogP contribution in [-0.4, -0.2) is 90.7 Å². The molecule has 15 heteroatoms. The Bertz CT molecular complexity index is 1980. The minimum atomic E-state index is -3.93. The van der Waals surface area contributed by atoms with E-state index in [1.165, 1.54) is 4.90 Å². The molecule has 1 saturated heterocycles. The van der Waals surface area contributed by atoms with Crippen LogP contribution in [0.3, 0.4) is 0 Å². The van der Waals surface area contributed by atoms with Crippen molar-refractivity contribution >= 4 is 44.6 Å². The summed E-state index contributed by atoms with van der Waals surface area (Å²) >= 11 is 0. The lowest BCUT2D eigenvalue weighted by atomic mass is 9.77. The van der Waals surface area contributed by atoms with Gasteiger partial charge in [-0.1, -0.05) is 40.5 Å². The number of alkyl halides is 1. The first-order chi connectivity index (χ1) is 26.5. The van der Waals surface area contributed by atoms with Gasteiger partial charge in [0.25, 0.3) is 0 Å². The molecule has 5 aliphatic rings. The van der Waals surface area contributed by atoms with Gasteiger partial charge in [0.1, 0.15) is 23.7 Å². The van der Waals surface area contributed by atoms with Crippen LogP contribution in [0.1, 0.15) is 104 Å². The Labute approximate surface area is 328 Å². The third-order valence-electron chi connectivity index (χ3n) is 12.8. The average molecular weight is 799 g/mol. The summed E-state index contributed by atoms with van der Waals surface area (Å²) < 4.78 is 59.6. The molecule has 0 radical (unpaired) electrons. The summed E-state index contributed by atoms with van der Waals surface area (Å²) in [5.74, 6) is -2.94. The number of carbonyl (C=O) groups is 4. The van der Waals surface area contributed by atoms with Gasteiger partial charge in [-0.05, 0) is 80.8 Å². The summed E-state index contributed by atoms with van der Waals surface area (Å²) in [5, 5.41) is -0.659. The van der Waals surface area contributed by atoms with Gasteiger partial charge in [0.2, 0.25) is 27.7 Å². The monoisotopic (exact) mass is 798 g/mol. The molecular weight excluding hydrogens is 744 g/mol. The number of amides is 2. The van der Waals surface area contributed by atoms with Gasteiger partial charge in [-0.2, -0.15) is 0 Å². The molecular formula is C41H55FN4O9S. The fraction of sp³-hybridized carbons (Fsp3) is 0.707. The number of halogens is 1. The highest BCUT2D eigenvalue weighted by atomic mass is 32.2. The van der Waals surface area contributed by atoms with Gasteiger partial charge in [0.15, 0.2) is 5.78 Å². The van der Waals surface area contributed by atoms with E-state index in [2.05, 4.69) is 4.72 Å². The van der Waals surface area contributed by atoms with Gasteiger partial charge in [0.05, 0.1) is 60.4 Å². The molecule has 1 aromatic carbocycles. The standard InChI is InChI=1S/C41H55FN4O9S/c1-23-34-22-46(36(23)32(47)21-41(20-25(41)15-16-42)39(50)45-56(51,52)27-12-13-27)38(49)28(40(2,3)4)19-35(48)54-33-17-24(33)9-7-6-8-10-30-37(55-34)44-31-18-26(53-5)11-14-29(31)43-30/h11,14,18,23-25,27-28,33-34,36H,6-10,12-13,15-17,19-22H2,1-5H3,(H,45,50)/t23-,24-,25-,28-,33-,34+,36+,41-/m1/s1. The van der Waals surface area contributed by atoms with Gasteiger partial charge in [-0.25, -0.2) is 18.4 Å². The summed E-state index contributed by atoms with van der Waals surface area (Å²) in [7, 11) is -2.36. The van der Waals surface area contributed by atoms with Crippen LogP contribution in [0.25, 0.3) is 11.0 Å². The van der Waals surface area contributed by atoms with Gasteiger partial charge in [0, 0.05) is 18.4 Å². The Balaban J connectivity index is 1.24. The van der Waals surface area contributed by atoms with Crippen LogP contribution in [0.4, 0.5) is 4.39 Å². The van der Waals surface area contributed by atoms with Gasteiger partial charge in [-0.3, -0.25) is 28.3 Å². The molecule has 56 heavy (non-hydrogen) atoms. The van der Waals surface area contributed by atoms with Crippen molar-refractivity contribution in [1.82, 2.24) is 19.6 Å². The van der Waals surface area contributed by atoms with Crippen molar-refractivity contribution in [1.29, 1.82) is 0 Å². The van der Waals surface area contributed by atoms with Crippen LogP contribution in [0.5, 0.6) is 11.6 Å². The summed E-state index contributed by atoms with van der Waals surface area (Å²) in [5.41, 5.74) is -0.227. The van der Waals surface area contributed by atoms with E-state index in [-0.39, 0.29) is 44.2 Å². The van der Waals surface area contributed by atoms with Crippen LogP contribution in [0.2, 0.25) is 0 Å². The van der Waals surface area contributed by atoms with E-state index in [0.717, 1.165) is 32.1 Å². The van der Waals surface area contributed by atoms with Crippen molar-refractivity contribution in [3.8, 4) is 11.6 Å². The molecule has 3 aliphatic carbocycles. The number of sulfonamides is 1. The number of Topliss-reactive ketones (excluding diaryl/α,β-unsaturated/α-hetero) is 1. The zero-order valence-corrected chi connectivity index (χ0v) is 33.9. The van der Waals surface area contributed by atoms with E-state index in [1.807, 2.05) is 39.8 Å². The smallest absolute Gasteiger partial charge is 0.306 e. The number of esters is 1. The van der Waals surface area contributed by atoms with Crippen LogP contribution in [0.15, 0.2) is 18.2 Å². The van der Waals surface area contributed by atoms with Crippen LogP contribution >= 0.6 is 0 Å². The molecule has 8 atom stereocenters. The number of carbonyl (C=O) groups excluding carboxylic acids is 4. The lowest BCUT2D eigenvalue weighted by Gasteiger charge is -2.35. The number of fused-ring (bicyclic) bond motifs is 5. The Morgan fingerprint density at radius 1 is 1.05 bits per heavy atom. The number of aromatic nitrogens is 2. The Morgan fingerprint density at radius 2 is 1.82 bits per heavy atom. The SMILES string of the molecule is COc1ccc2nc3c(nc2c1)O[C@H]1CN(C(=O)[C@H](C(C)(C)C)CC(=O)O[C@@H]2C[C@H]2CCCCC3)[C@H](C(=O)C[C@]2(C(=O)NS(=O)(=O)C3CC3)C[C@H]2CCF)[C@@H]1C. The normalized spacial score (nSPS) is 31.2. The van der Waals surface area contributed by atoms with Crippen molar-refractivity contribution in [3.63, 3.8) is 0 Å². The van der Waals surface area contributed by atoms with Crippen molar-refractivity contribution < 1.29 is 46.2 Å². The molecule has 1 N–H and O–H groups in total. The molecule has 2 bridgehead atoms. The number of ether oxygens (including phenoxy) is 3. The first-order valence-corrected chi connectivity index (χ1v) is 21.7. The van der Waals surface area contributed by atoms with Crippen molar-refractivity contribution in [2.75, 3.05) is 20.3 Å².